The zero-order valence-corrected chi connectivity index (χ0v) is 11.4. The SMILES string of the molecule is CC(C)c1nnc(Cc2c(F)ccc(Cl)c2F)s1. The van der Waals surface area contributed by atoms with Gasteiger partial charge in [-0.2, -0.15) is 0 Å². The second-order valence-electron chi connectivity index (χ2n) is 4.19. The molecule has 0 radical (unpaired) electrons. The van der Waals surface area contributed by atoms with E-state index in [0.29, 0.717) is 5.01 Å². The summed E-state index contributed by atoms with van der Waals surface area (Å²) in [5.74, 6) is -1.08. The van der Waals surface area contributed by atoms with E-state index in [0.717, 1.165) is 11.1 Å². The van der Waals surface area contributed by atoms with Crippen molar-refractivity contribution in [1.82, 2.24) is 10.2 Å². The lowest BCUT2D eigenvalue weighted by molar-refractivity contribution is 0.561. The van der Waals surface area contributed by atoms with Crippen LogP contribution in [0.3, 0.4) is 0 Å². The molecule has 0 atom stereocenters. The van der Waals surface area contributed by atoms with E-state index in [1.54, 1.807) is 0 Å². The van der Waals surface area contributed by atoms with Crippen LogP contribution in [0.2, 0.25) is 5.02 Å². The molecule has 0 spiro atoms. The van der Waals surface area contributed by atoms with E-state index >= 15 is 0 Å². The van der Waals surface area contributed by atoms with Crippen molar-refractivity contribution in [1.29, 1.82) is 0 Å². The highest BCUT2D eigenvalue weighted by Gasteiger charge is 2.16. The maximum Gasteiger partial charge on any atom is 0.148 e. The van der Waals surface area contributed by atoms with Crippen LogP contribution in [0.25, 0.3) is 0 Å². The van der Waals surface area contributed by atoms with Crippen molar-refractivity contribution in [3.8, 4) is 0 Å². The van der Waals surface area contributed by atoms with Crippen LogP contribution in [0.15, 0.2) is 12.1 Å². The number of halogens is 3. The molecule has 1 heterocycles. The molecular formula is C12H11ClF2N2S. The van der Waals surface area contributed by atoms with Gasteiger partial charge < -0.3 is 0 Å². The molecule has 0 aliphatic carbocycles. The molecule has 0 saturated heterocycles. The predicted octanol–water partition coefficient (Wildman–Crippen LogP) is 4.18. The molecule has 0 unspecified atom stereocenters. The lowest BCUT2D eigenvalue weighted by atomic mass is 10.1. The summed E-state index contributed by atoms with van der Waals surface area (Å²) in [5.41, 5.74) is -0.0612. The third kappa shape index (κ3) is 2.67. The average molecular weight is 289 g/mol. The Morgan fingerprint density at radius 1 is 1.28 bits per heavy atom. The fraction of sp³-hybridized carbons (Fsp3) is 0.333. The molecule has 0 fully saturated rings. The molecule has 96 valence electrons. The zero-order chi connectivity index (χ0) is 13.3. The number of hydrogen-bond donors (Lipinski definition) is 0. The summed E-state index contributed by atoms with van der Waals surface area (Å²) in [6, 6.07) is 2.36. The number of nitrogens with zero attached hydrogens (tertiary/aromatic N) is 2. The van der Waals surface area contributed by atoms with E-state index in [4.69, 9.17) is 11.6 Å². The lowest BCUT2D eigenvalue weighted by Gasteiger charge is -2.03. The zero-order valence-electron chi connectivity index (χ0n) is 9.88. The van der Waals surface area contributed by atoms with Crippen LogP contribution in [0.1, 0.15) is 35.3 Å². The Hall–Kier alpha value is -1.07. The van der Waals surface area contributed by atoms with Crippen LogP contribution >= 0.6 is 22.9 Å². The van der Waals surface area contributed by atoms with Crippen LogP contribution in [0.5, 0.6) is 0 Å². The van der Waals surface area contributed by atoms with Crippen LogP contribution in [0.4, 0.5) is 8.78 Å². The third-order valence-corrected chi connectivity index (χ3v) is 3.96. The average Bonchev–Trinajstić information content (AvgIpc) is 2.78. The molecule has 1 aromatic heterocycles. The molecular weight excluding hydrogens is 278 g/mol. The van der Waals surface area contributed by atoms with Gasteiger partial charge in [0, 0.05) is 17.9 Å². The van der Waals surface area contributed by atoms with Crippen molar-refractivity contribution >= 4 is 22.9 Å². The largest absolute Gasteiger partial charge is 0.207 e. The molecule has 0 aliphatic heterocycles. The number of hydrogen-bond acceptors (Lipinski definition) is 3. The normalized spacial score (nSPS) is 11.2. The molecule has 2 nitrogen and oxygen atoms in total. The van der Waals surface area contributed by atoms with Crippen LogP contribution in [-0.2, 0) is 6.42 Å². The van der Waals surface area contributed by atoms with E-state index in [2.05, 4.69) is 10.2 Å². The molecule has 0 N–H and O–H groups in total. The van der Waals surface area contributed by atoms with Gasteiger partial charge in [0.1, 0.15) is 21.6 Å². The maximum absolute atomic E-state index is 13.7. The molecule has 0 saturated carbocycles. The predicted molar refractivity (Wildman–Crippen MR) is 68.2 cm³/mol. The number of rotatable bonds is 3. The van der Waals surface area contributed by atoms with Crippen molar-refractivity contribution in [3.05, 3.63) is 44.4 Å². The fourth-order valence-electron chi connectivity index (χ4n) is 1.45. The molecule has 0 amide bonds. The minimum absolute atomic E-state index is 0.0612. The Balaban J connectivity index is 2.31. The van der Waals surface area contributed by atoms with E-state index < -0.39 is 11.6 Å². The number of benzene rings is 1. The maximum atomic E-state index is 13.7. The number of aromatic nitrogens is 2. The van der Waals surface area contributed by atoms with Crippen molar-refractivity contribution in [2.45, 2.75) is 26.2 Å². The minimum Gasteiger partial charge on any atom is -0.207 e. The molecule has 1 aromatic carbocycles. The third-order valence-electron chi connectivity index (χ3n) is 2.44. The van der Waals surface area contributed by atoms with Gasteiger partial charge in [0.2, 0.25) is 0 Å². The van der Waals surface area contributed by atoms with Crippen LogP contribution in [-0.4, -0.2) is 10.2 Å². The van der Waals surface area contributed by atoms with Gasteiger partial charge in [-0.05, 0) is 12.1 Å². The highest BCUT2D eigenvalue weighted by atomic mass is 35.5. The summed E-state index contributed by atoms with van der Waals surface area (Å²) < 4.78 is 27.2. The van der Waals surface area contributed by atoms with Crippen LogP contribution in [0, 0.1) is 11.6 Å². The quantitative estimate of drug-likeness (QED) is 0.792. The van der Waals surface area contributed by atoms with Crippen molar-refractivity contribution in [2.24, 2.45) is 0 Å². The highest BCUT2D eigenvalue weighted by Crippen LogP contribution is 2.26. The van der Waals surface area contributed by atoms with E-state index in [-0.39, 0.29) is 22.9 Å². The summed E-state index contributed by atoms with van der Waals surface area (Å²) >= 11 is 6.99. The van der Waals surface area contributed by atoms with E-state index in [1.165, 1.54) is 17.4 Å². The van der Waals surface area contributed by atoms with Crippen LogP contribution < -0.4 is 0 Å². The minimum atomic E-state index is -0.724. The lowest BCUT2D eigenvalue weighted by Crippen LogP contribution is -1.97. The van der Waals surface area contributed by atoms with Gasteiger partial charge in [-0.25, -0.2) is 8.78 Å². The summed E-state index contributed by atoms with van der Waals surface area (Å²) in [4.78, 5) is 0. The van der Waals surface area contributed by atoms with E-state index in [1.807, 2.05) is 13.8 Å². The van der Waals surface area contributed by atoms with Gasteiger partial charge in [0.15, 0.2) is 0 Å². The summed E-state index contributed by atoms with van der Waals surface area (Å²) in [6.07, 6.45) is 0.0720. The highest BCUT2D eigenvalue weighted by molar-refractivity contribution is 7.11. The second kappa shape index (κ2) is 5.28. The monoisotopic (exact) mass is 288 g/mol. The first-order chi connectivity index (χ1) is 8.49. The Morgan fingerprint density at radius 3 is 2.61 bits per heavy atom. The standard InChI is InChI=1S/C12H11ClF2N2S/c1-6(2)12-17-16-10(18-12)5-7-9(14)4-3-8(13)11(7)15/h3-4,6H,5H2,1-2H3. The fourth-order valence-corrected chi connectivity index (χ4v) is 2.49. The van der Waals surface area contributed by atoms with Gasteiger partial charge in [-0.1, -0.05) is 25.4 Å². The first-order valence-electron chi connectivity index (χ1n) is 5.43. The topological polar surface area (TPSA) is 25.8 Å². The molecule has 2 aromatic rings. The first kappa shape index (κ1) is 13.4. The smallest absolute Gasteiger partial charge is 0.148 e. The Kier molecular flexibility index (Phi) is 3.92. The van der Waals surface area contributed by atoms with Gasteiger partial charge >= 0.3 is 0 Å². The first-order valence-corrected chi connectivity index (χ1v) is 6.63. The van der Waals surface area contributed by atoms with Gasteiger partial charge in [0.05, 0.1) is 5.02 Å². The molecule has 2 rings (SSSR count). The van der Waals surface area contributed by atoms with Crippen molar-refractivity contribution < 1.29 is 8.78 Å². The van der Waals surface area contributed by atoms with Crippen molar-refractivity contribution in [3.63, 3.8) is 0 Å². The van der Waals surface area contributed by atoms with Gasteiger partial charge in [0.25, 0.3) is 0 Å². The Labute approximate surface area is 113 Å². The van der Waals surface area contributed by atoms with Gasteiger partial charge in [-0.3, -0.25) is 0 Å². The molecule has 6 heteroatoms. The summed E-state index contributed by atoms with van der Waals surface area (Å²) in [6.45, 7) is 3.98. The Bertz CT molecular complexity index is 569. The van der Waals surface area contributed by atoms with Gasteiger partial charge in [-0.15, -0.1) is 21.5 Å². The Morgan fingerprint density at radius 2 is 2.00 bits per heavy atom. The summed E-state index contributed by atoms with van der Waals surface area (Å²) in [5, 5.41) is 9.27. The van der Waals surface area contributed by atoms with Crippen molar-refractivity contribution in [2.75, 3.05) is 0 Å². The molecule has 0 bridgehead atoms. The second-order valence-corrected chi connectivity index (χ2v) is 5.69. The molecule has 0 aliphatic rings. The van der Waals surface area contributed by atoms with E-state index in [9.17, 15) is 8.78 Å². The molecule has 18 heavy (non-hydrogen) atoms. The summed E-state index contributed by atoms with van der Waals surface area (Å²) in [7, 11) is 0.